The van der Waals surface area contributed by atoms with Crippen LogP contribution >= 0.6 is 24.0 Å². The number of hydrogen-bond acceptors (Lipinski definition) is 11. The minimum Gasteiger partial charge on any atom is -0.480 e. The van der Waals surface area contributed by atoms with Gasteiger partial charge < -0.3 is 24.6 Å². The molecule has 2 aromatic carbocycles. The number of thioether (sulfide) groups is 1. The standard InChI is InChI=1S/C31H29N3O11S3/c1-18-8-10-22-21(14-18)32(12-5-13-48(41,42)43)24(44-22)11-9-20(19-6-3-2-4-7-19)15-23-28(39)33(16-25(35)36)30(47-23)27-29(40)34(17-26(37)38)31(46)45-27/h2-4,6-11,14,23H,5,12-13,15-17H2,1H3,(H,35,36)(H,37,38)(H,41,42,43)/b20-9?,24-11?,30-27+. The Hall–Kier alpha value is -4.71. The Morgan fingerprint density at radius 2 is 1.69 bits per heavy atom. The highest BCUT2D eigenvalue weighted by Gasteiger charge is 2.46. The molecule has 48 heavy (non-hydrogen) atoms. The quantitative estimate of drug-likeness (QED) is 0.165. The molecule has 0 aliphatic carbocycles. The van der Waals surface area contributed by atoms with Crippen LogP contribution in [0.4, 0.5) is 5.69 Å². The number of carboxylic acid groups (broad SMARTS) is 2. The van der Waals surface area contributed by atoms with Gasteiger partial charge in [0.25, 0.3) is 21.2 Å². The Bertz CT molecular complexity index is 1890. The molecule has 0 saturated carbocycles. The fourth-order valence-corrected chi connectivity index (χ4v) is 7.19. The van der Waals surface area contributed by atoms with Gasteiger partial charge in [-0.05, 0) is 66.9 Å². The number of rotatable bonds is 12. The van der Waals surface area contributed by atoms with Gasteiger partial charge in [0.2, 0.25) is 17.5 Å². The van der Waals surface area contributed by atoms with E-state index in [2.05, 4.69) is 0 Å². The minimum absolute atomic E-state index is 0.0660. The number of carboxylic acids is 2. The molecular weight excluding hydrogens is 687 g/mol. The van der Waals surface area contributed by atoms with E-state index in [0.717, 1.165) is 27.8 Å². The van der Waals surface area contributed by atoms with Crippen LogP contribution < -0.4 is 9.64 Å². The highest BCUT2D eigenvalue weighted by atomic mass is 32.2. The molecule has 3 aliphatic rings. The van der Waals surface area contributed by atoms with Crippen molar-refractivity contribution in [2.75, 3.05) is 30.3 Å². The lowest BCUT2D eigenvalue weighted by atomic mass is 10.00. The molecule has 0 bridgehead atoms. The summed E-state index contributed by atoms with van der Waals surface area (Å²) in [5.74, 6) is -4.15. The lowest BCUT2D eigenvalue weighted by Gasteiger charge is -2.18. The Balaban J connectivity index is 1.49. The number of carbonyl (C=O) groups excluding carboxylic acids is 2. The van der Waals surface area contributed by atoms with Crippen LogP contribution in [-0.2, 0) is 34.0 Å². The lowest BCUT2D eigenvalue weighted by molar-refractivity contribution is -0.142. The first kappa shape index (κ1) is 34.6. The third-order valence-corrected chi connectivity index (χ3v) is 9.71. The Kier molecular flexibility index (Phi) is 10.2. The number of aryl methyl sites for hydroxylation is 1. The van der Waals surface area contributed by atoms with Crippen LogP contribution in [0.2, 0.25) is 0 Å². The zero-order chi connectivity index (χ0) is 34.7. The molecule has 252 valence electrons. The monoisotopic (exact) mass is 715 g/mol. The molecule has 2 fully saturated rings. The molecule has 2 saturated heterocycles. The average Bonchev–Trinajstić information content (AvgIpc) is 3.61. The van der Waals surface area contributed by atoms with E-state index in [1.54, 1.807) is 35.3 Å². The number of carbonyl (C=O) groups is 4. The van der Waals surface area contributed by atoms with Crippen LogP contribution in [-0.4, -0.2) is 92.5 Å². The number of aliphatic carboxylic acids is 2. The summed E-state index contributed by atoms with van der Waals surface area (Å²) in [6, 6.07) is 14.6. The molecular formula is C31H29N3O11S3. The molecule has 1 atom stereocenters. The predicted molar refractivity (Wildman–Crippen MR) is 178 cm³/mol. The van der Waals surface area contributed by atoms with Gasteiger partial charge in [-0.25, -0.2) is 0 Å². The van der Waals surface area contributed by atoms with Crippen molar-refractivity contribution < 1.29 is 51.8 Å². The van der Waals surface area contributed by atoms with Crippen LogP contribution in [0.1, 0.15) is 24.0 Å². The molecule has 0 spiro atoms. The van der Waals surface area contributed by atoms with E-state index >= 15 is 0 Å². The topological polar surface area (TPSA) is 191 Å². The van der Waals surface area contributed by atoms with Gasteiger partial charge in [-0.3, -0.25) is 33.5 Å². The second-order valence-corrected chi connectivity index (χ2v) is 14.0. The van der Waals surface area contributed by atoms with Gasteiger partial charge in [0, 0.05) is 6.54 Å². The first-order chi connectivity index (χ1) is 22.7. The summed E-state index contributed by atoms with van der Waals surface area (Å²) >= 11 is 5.93. The first-order valence-corrected chi connectivity index (χ1v) is 17.3. The second kappa shape index (κ2) is 14.2. The number of fused-ring (bicyclic) bond motifs is 1. The number of ether oxygens (including phenoxy) is 2. The fourth-order valence-electron chi connectivity index (χ4n) is 5.19. The molecule has 14 nitrogen and oxygen atoms in total. The summed E-state index contributed by atoms with van der Waals surface area (Å²) in [4.78, 5) is 53.1. The third kappa shape index (κ3) is 7.87. The molecule has 0 radical (unpaired) electrons. The van der Waals surface area contributed by atoms with Crippen LogP contribution in [0.3, 0.4) is 0 Å². The smallest absolute Gasteiger partial charge is 0.323 e. The molecule has 2 aromatic rings. The van der Waals surface area contributed by atoms with E-state index in [-0.39, 0.29) is 24.4 Å². The normalized spacial score (nSPS) is 20.4. The summed E-state index contributed by atoms with van der Waals surface area (Å²) in [5.41, 5.74) is 3.04. The Morgan fingerprint density at radius 3 is 2.35 bits per heavy atom. The van der Waals surface area contributed by atoms with E-state index in [1.807, 2.05) is 37.3 Å². The Labute approximate surface area is 284 Å². The van der Waals surface area contributed by atoms with Crippen molar-refractivity contribution in [2.24, 2.45) is 0 Å². The van der Waals surface area contributed by atoms with Gasteiger partial charge in [-0.1, -0.05) is 54.2 Å². The summed E-state index contributed by atoms with van der Waals surface area (Å²) < 4.78 is 43.5. The number of amides is 2. The number of thiocarbonyl (C=S) groups is 1. The number of anilines is 1. The third-order valence-electron chi connectivity index (χ3n) is 7.32. The number of benzene rings is 2. The fraction of sp³-hybridized carbons (Fsp3) is 0.258. The van der Waals surface area contributed by atoms with Gasteiger partial charge in [0.05, 0.1) is 16.7 Å². The van der Waals surface area contributed by atoms with Crippen LogP contribution in [0, 0.1) is 6.92 Å². The lowest BCUT2D eigenvalue weighted by Crippen LogP contribution is -2.35. The van der Waals surface area contributed by atoms with Gasteiger partial charge >= 0.3 is 11.9 Å². The molecule has 3 aliphatic heterocycles. The molecule has 5 rings (SSSR count). The van der Waals surface area contributed by atoms with Crippen molar-refractivity contribution >= 4 is 74.3 Å². The molecule has 1 unspecified atom stereocenters. The molecule has 17 heteroatoms. The van der Waals surface area contributed by atoms with Crippen molar-refractivity contribution in [2.45, 2.75) is 25.0 Å². The molecule has 3 N–H and O–H groups in total. The van der Waals surface area contributed by atoms with E-state index < -0.39 is 68.9 Å². The summed E-state index contributed by atoms with van der Waals surface area (Å²) in [5, 5.41) is 17.3. The summed E-state index contributed by atoms with van der Waals surface area (Å²) in [7, 11) is -4.18. The first-order valence-electron chi connectivity index (χ1n) is 14.4. The number of nitrogens with zero attached hydrogens (tertiary/aromatic N) is 3. The van der Waals surface area contributed by atoms with Crippen molar-refractivity contribution in [3.63, 3.8) is 0 Å². The van der Waals surface area contributed by atoms with E-state index in [0.29, 0.717) is 27.8 Å². The minimum atomic E-state index is -4.18. The molecule has 2 amide bonds. The van der Waals surface area contributed by atoms with Crippen molar-refractivity contribution in [1.29, 1.82) is 0 Å². The van der Waals surface area contributed by atoms with Crippen molar-refractivity contribution in [3.05, 3.63) is 88.5 Å². The molecule has 3 heterocycles. The maximum Gasteiger partial charge on any atom is 0.323 e. The highest BCUT2D eigenvalue weighted by molar-refractivity contribution is 8.04. The number of hydrogen-bond donors (Lipinski definition) is 3. The van der Waals surface area contributed by atoms with E-state index in [1.165, 1.54) is 0 Å². The predicted octanol–water partition coefficient (Wildman–Crippen LogP) is 3.21. The highest BCUT2D eigenvalue weighted by Crippen LogP contribution is 2.44. The van der Waals surface area contributed by atoms with Gasteiger partial charge in [0.15, 0.2) is 5.75 Å². The largest absolute Gasteiger partial charge is 0.480 e. The maximum atomic E-state index is 13.7. The van der Waals surface area contributed by atoms with E-state index in [4.69, 9.17) is 21.7 Å². The van der Waals surface area contributed by atoms with E-state index in [9.17, 15) is 42.4 Å². The van der Waals surface area contributed by atoms with Crippen molar-refractivity contribution in [3.8, 4) is 5.75 Å². The van der Waals surface area contributed by atoms with Crippen LogP contribution in [0.25, 0.3) is 5.57 Å². The van der Waals surface area contributed by atoms with Gasteiger partial charge in [-0.15, -0.1) is 0 Å². The van der Waals surface area contributed by atoms with Gasteiger partial charge in [-0.2, -0.15) is 8.42 Å². The van der Waals surface area contributed by atoms with Crippen LogP contribution in [0.15, 0.2) is 77.4 Å². The zero-order valence-electron chi connectivity index (χ0n) is 25.3. The van der Waals surface area contributed by atoms with Crippen LogP contribution in [0.5, 0.6) is 5.75 Å². The van der Waals surface area contributed by atoms with Gasteiger partial charge in [0.1, 0.15) is 18.1 Å². The second-order valence-electron chi connectivity index (χ2n) is 10.8. The summed E-state index contributed by atoms with van der Waals surface area (Å²) in [6.07, 6.45) is 3.59. The maximum absolute atomic E-state index is 13.7. The summed E-state index contributed by atoms with van der Waals surface area (Å²) in [6.45, 7) is 0.565. The zero-order valence-corrected chi connectivity index (χ0v) is 27.7. The van der Waals surface area contributed by atoms with Crippen molar-refractivity contribution in [1.82, 2.24) is 9.80 Å². The average molecular weight is 716 g/mol. The Morgan fingerprint density at radius 1 is 1.00 bits per heavy atom. The SMILES string of the molecule is Cc1ccc2c(c1)N(CCCS(=O)(=O)O)C(=CC=C(CC1S/C(=C3/OC(=S)N(CC(=O)O)C3=O)N(CC(=O)O)C1=O)c1ccccc1)O2. The number of allylic oxidation sites excluding steroid dienone is 3. The molecule has 0 aromatic heterocycles.